The number of H-pyrrole nitrogens is 1. The summed E-state index contributed by atoms with van der Waals surface area (Å²) < 4.78 is 26.5. The first-order valence-corrected chi connectivity index (χ1v) is 8.27. The van der Waals surface area contributed by atoms with E-state index in [2.05, 4.69) is 15.0 Å². The zero-order valence-corrected chi connectivity index (χ0v) is 13.8. The normalized spacial score (nSPS) is 11.2. The summed E-state index contributed by atoms with van der Waals surface area (Å²) in [5, 5.41) is 0.439. The molecule has 0 radical (unpaired) electrons. The number of halogens is 2. The van der Waals surface area contributed by atoms with E-state index in [1.165, 1.54) is 35.6 Å². The maximum Gasteiger partial charge on any atom is 0.260 e. The van der Waals surface area contributed by atoms with Gasteiger partial charge >= 0.3 is 0 Å². The Morgan fingerprint density at radius 2 is 1.80 bits per heavy atom. The minimum absolute atomic E-state index is 0.212. The summed E-state index contributed by atoms with van der Waals surface area (Å²) in [4.78, 5) is 24.9. The van der Waals surface area contributed by atoms with Gasteiger partial charge in [0.15, 0.2) is 5.82 Å². The minimum Gasteiger partial charge on any atom is -0.305 e. The van der Waals surface area contributed by atoms with Crippen LogP contribution in [-0.4, -0.2) is 15.0 Å². The Hall–Kier alpha value is -2.93. The third kappa shape index (κ3) is 2.72. The van der Waals surface area contributed by atoms with E-state index < -0.39 is 5.95 Å². The third-order valence-corrected chi connectivity index (χ3v) is 4.83. The molecule has 0 unspecified atom stereocenters. The number of aromatic nitrogens is 3. The van der Waals surface area contributed by atoms with Gasteiger partial charge in [-0.15, -0.1) is 11.3 Å². The molecule has 0 aliphatic carbocycles. The second kappa shape index (κ2) is 5.86. The Bertz CT molecular complexity index is 1150. The lowest BCUT2D eigenvalue weighted by Gasteiger charge is -2.03. The summed E-state index contributed by atoms with van der Waals surface area (Å²) in [6.07, 6.45) is 0. The summed E-state index contributed by atoms with van der Waals surface area (Å²) in [6.45, 7) is 1.88. The molecular weight excluding hydrogens is 344 g/mol. The van der Waals surface area contributed by atoms with Crippen molar-refractivity contribution in [3.8, 4) is 22.6 Å². The molecule has 1 N–H and O–H groups in total. The highest BCUT2D eigenvalue weighted by atomic mass is 32.1. The Labute approximate surface area is 144 Å². The Morgan fingerprint density at radius 3 is 2.52 bits per heavy atom. The monoisotopic (exact) mass is 355 g/mol. The van der Waals surface area contributed by atoms with Crippen LogP contribution in [-0.2, 0) is 0 Å². The van der Waals surface area contributed by atoms with E-state index in [0.717, 1.165) is 16.0 Å². The SMILES string of the molecule is Cc1sc2nc(-c3cccc(F)n3)[nH]c(=O)c2c1-c1ccc(F)cc1. The molecule has 0 spiro atoms. The van der Waals surface area contributed by atoms with Crippen molar-refractivity contribution in [1.29, 1.82) is 0 Å². The quantitative estimate of drug-likeness (QED) is 0.546. The summed E-state index contributed by atoms with van der Waals surface area (Å²) in [6, 6.07) is 10.3. The molecule has 25 heavy (non-hydrogen) atoms. The third-order valence-electron chi connectivity index (χ3n) is 3.83. The van der Waals surface area contributed by atoms with E-state index in [1.807, 2.05) is 6.92 Å². The molecule has 4 aromatic rings. The van der Waals surface area contributed by atoms with Crippen LogP contribution in [0.5, 0.6) is 0 Å². The van der Waals surface area contributed by atoms with E-state index in [0.29, 0.717) is 10.2 Å². The van der Waals surface area contributed by atoms with Gasteiger partial charge in [0, 0.05) is 10.4 Å². The van der Waals surface area contributed by atoms with E-state index >= 15 is 0 Å². The highest BCUT2D eigenvalue weighted by molar-refractivity contribution is 7.19. The highest BCUT2D eigenvalue weighted by Crippen LogP contribution is 2.36. The molecule has 4 rings (SSSR count). The summed E-state index contributed by atoms with van der Waals surface area (Å²) in [5.41, 5.74) is 1.39. The largest absolute Gasteiger partial charge is 0.305 e. The van der Waals surface area contributed by atoms with Crippen LogP contribution in [0.4, 0.5) is 8.78 Å². The number of fused-ring (bicyclic) bond motifs is 1. The van der Waals surface area contributed by atoms with Crippen molar-refractivity contribution in [2.45, 2.75) is 6.92 Å². The first kappa shape index (κ1) is 15.6. The zero-order valence-electron chi connectivity index (χ0n) is 13.0. The molecule has 3 aromatic heterocycles. The predicted molar refractivity (Wildman–Crippen MR) is 93.6 cm³/mol. The number of aryl methyl sites for hydroxylation is 1. The molecule has 3 heterocycles. The van der Waals surface area contributed by atoms with Crippen molar-refractivity contribution >= 4 is 21.6 Å². The molecule has 1 aromatic carbocycles. The first-order valence-electron chi connectivity index (χ1n) is 7.45. The fourth-order valence-electron chi connectivity index (χ4n) is 2.74. The van der Waals surface area contributed by atoms with Gasteiger partial charge in [0.05, 0.1) is 5.39 Å². The Morgan fingerprint density at radius 1 is 1.04 bits per heavy atom. The number of nitrogens with zero attached hydrogens (tertiary/aromatic N) is 2. The van der Waals surface area contributed by atoms with Crippen LogP contribution in [0.1, 0.15) is 4.88 Å². The molecule has 0 fully saturated rings. The fraction of sp³-hybridized carbons (Fsp3) is 0.0556. The van der Waals surface area contributed by atoms with Crippen LogP contribution in [0, 0.1) is 18.7 Å². The number of hydrogen-bond acceptors (Lipinski definition) is 4. The van der Waals surface area contributed by atoms with Crippen LogP contribution in [0.25, 0.3) is 32.9 Å². The summed E-state index contributed by atoms with van der Waals surface area (Å²) in [7, 11) is 0. The topological polar surface area (TPSA) is 58.6 Å². The maximum absolute atomic E-state index is 13.3. The van der Waals surface area contributed by atoms with Crippen molar-refractivity contribution in [3.05, 3.63) is 69.5 Å². The Balaban J connectivity index is 1.95. The van der Waals surface area contributed by atoms with Gasteiger partial charge in [0.25, 0.3) is 5.56 Å². The number of hydrogen-bond donors (Lipinski definition) is 1. The number of thiophene rings is 1. The molecular formula is C18H11F2N3OS. The van der Waals surface area contributed by atoms with Crippen molar-refractivity contribution in [1.82, 2.24) is 15.0 Å². The van der Waals surface area contributed by atoms with Crippen LogP contribution < -0.4 is 5.56 Å². The van der Waals surface area contributed by atoms with Crippen molar-refractivity contribution in [3.63, 3.8) is 0 Å². The molecule has 124 valence electrons. The standard InChI is InChI=1S/C18H11F2N3OS/c1-9-14(10-5-7-11(19)8-6-10)15-17(24)22-16(23-18(15)25-9)12-3-2-4-13(20)21-12/h2-8H,1H3,(H,22,23,24). The lowest BCUT2D eigenvalue weighted by atomic mass is 10.0. The fourth-order valence-corrected chi connectivity index (χ4v) is 3.79. The molecule has 0 amide bonds. The maximum atomic E-state index is 13.3. The molecule has 0 saturated carbocycles. The number of pyridine rings is 1. The van der Waals surface area contributed by atoms with Gasteiger partial charge in [0.2, 0.25) is 5.95 Å². The van der Waals surface area contributed by atoms with Gasteiger partial charge in [-0.3, -0.25) is 4.79 Å². The van der Waals surface area contributed by atoms with Crippen molar-refractivity contribution in [2.24, 2.45) is 0 Å². The minimum atomic E-state index is -0.644. The number of rotatable bonds is 2. The second-order valence-corrected chi connectivity index (χ2v) is 6.68. The van der Waals surface area contributed by atoms with Crippen LogP contribution >= 0.6 is 11.3 Å². The zero-order chi connectivity index (χ0) is 17.6. The number of nitrogens with one attached hydrogen (secondary N) is 1. The molecule has 0 aliphatic rings. The molecule has 7 heteroatoms. The van der Waals surface area contributed by atoms with Crippen LogP contribution in [0.15, 0.2) is 47.3 Å². The molecule has 0 atom stereocenters. The number of aromatic amines is 1. The summed E-state index contributed by atoms with van der Waals surface area (Å²) in [5.74, 6) is -0.772. The second-order valence-electron chi connectivity index (χ2n) is 5.48. The molecule has 0 aliphatic heterocycles. The smallest absolute Gasteiger partial charge is 0.260 e. The van der Waals surface area contributed by atoms with E-state index in [1.54, 1.807) is 18.2 Å². The molecule has 4 nitrogen and oxygen atoms in total. The van der Waals surface area contributed by atoms with Gasteiger partial charge in [-0.2, -0.15) is 4.39 Å². The Kier molecular flexibility index (Phi) is 3.65. The van der Waals surface area contributed by atoms with Crippen molar-refractivity contribution < 1.29 is 8.78 Å². The van der Waals surface area contributed by atoms with Gasteiger partial charge in [-0.05, 0) is 36.8 Å². The van der Waals surface area contributed by atoms with Gasteiger partial charge in [0.1, 0.15) is 16.3 Å². The average molecular weight is 355 g/mol. The lowest BCUT2D eigenvalue weighted by Crippen LogP contribution is -2.09. The summed E-state index contributed by atoms with van der Waals surface area (Å²) >= 11 is 1.36. The van der Waals surface area contributed by atoms with E-state index in [-0.39, 0.29) is 22.9 Å². The van der Waals surface area contributed by atoms with Crippen LogP contribution in [0.3, 0.4) is 0 Å². The van der Waals surface area contributed by atoms with Crippen LogP contribution in [0.2, 0.25) is 0 Å². The predicted octanol–water partition coefficient (Wildman–Crippen LogP) is 4.30. The van der Waals surface area contributed by atoms with Gasteiger partial charge in [-0.25, -0.2) is 14.4 Å². The van der Waals surface area contributed by atoms with E-state index in [4.69, 9.17) is 0 Å². The average Bonchev–Trinajstić information content (AvgIpc) is 2.92. The number of benzene rings is 1. The van der Waals surface area contributed by atoms with E-state index in [9.17, 15) is 13.6 Å². The van der Waals surface area contributed by atoms with Crippen molar-refractivity contribution in [2.75, 3.05) is 0 Å². The first-order chi connectivity index (χ1) is 12.0. The van der Waals surface area contributed by atoms with Gasteiger partial charge < -0.3 is 4.98 Å². The lowest BCUT2D eigenvalue weighted by molar-refractivity contribution is 0.585. The molecule has 0 bridgehead atoms. The molecule has 0 saturated heterocycles. The van der Waals surface area contributed by atoms with Gasteiger partial charge in [-0.1, -0.05) is 18.2 Å². The highest BCUT2D eigenvalue weighted by Gasteiger charge is 2.17.